The molecule has 3 rings (SSSR count). The standard InChI is InChI=1S/C16H21ClFN/c17-14-6-7-15(18)12(10-14)11-16(13-4-5-13)8-2-1-3-9-19-16/h6-7,10,13,19H,1-5,8-9,11H2. The lowest BCUT2D eigenvalue weighted by Crippen LogP contribution is -2.48. The molecule has 0 aromatic heterocycles. The molecule has 1 unspecified atom stereocenters. The van der Waals surface area contributed by atoms with E-state index >= 15 is 0 Å². The van der Waals surface area contributed by atoms with E-state index < -0.39 is 0 Å². The van der Waals surface area contributed by atoms with E-state index in [0.717, 1.165) is 24.4 Å². The Morgan fingerprint density at radius 2 is 2.11 bits per heavy atom. The molecule has 1 nitrogen and oxygen atoms in total. The molecule has 1 aromatic carbocycles. The van der Waals surface area contributed by atoms with Gasteiger partial charge in [0.05, 0.1) is 0 Å². The molecule has 19 heavy (non-hydrogen) atoms. The fraction of sp³-hybridized carbons (Fsp3) is 0.625. The van der Waals surface area contributed by atoms with Crippen LogP contribution < -0.4 is 5.32 Å². The average molecular weight is 282 g/mol. The topological polar surface area (TPSA) is 12.0 Å². The van der Waals surface area contributed by atoms with Gasteiger partial charge in [0.1, 0.15) is 5.82 Å². The highest BCUT2D eigenvalue weighted by Gasteiger charge is 2.45. The summed E-state index contributed by atoms with van der Waals surface area (Å²) in [4.78, 5) is 0. The van der Waals surface area contributed by atoms with Crippen LogP contribution in [-0.2, 0) is 6.42 Å². The van der Waals surface area contributed by atoms with Crippen LogP contribution in [0.1, 0.15) is 44.1 Å². The third-order valence-corrected chi connectivity index (χ3v) is 4.88. The van der Waals surface area contributed by atoms with E-state index in [1.807, 2.05) is 0 Å². The number of rotatable bonds is 3. The van der Waals surface area contributed by atoms with E-state index in [2.05, 4.69) is 5.32 Å². The summed E-state index contributed by atoms with van der Waals surface area (Å²) in [5.41, 5.74) is 0.885. The summed E-state index contributed by atoms with van der Waals surface area (Å²) in [7, 11) is 0. The first kappa shape index (κ1) is 13.4. The number of hydrogen-bond acceptors (Lipinski definition) is 1. The molecule has 1 atom stereocenters. The maximum atomic E-state index is 14.0. The van der Waals surface area contributed by atoms with Gasteiger partial charge in [-0.15, -0.1) is 0 Å². The van der Waals surface area contributed by atoms with Crippen molar-refractivity contribution in [1.82, 2.24) is 5.32 Å². The van der Waals surface area contributed by atoms with Gasteiger partial charge in [0.2, 0.25) is 0 Å². The van der Waals surface area contributed by atoms with Crippen LogP contribution in [0.3, 0.4) is 0 Å². The summed E-state index contributed by atoms with van der Waals surface area (Å²) in [5, 5.41) is 4.38. The average Bonchev–Trinajstić information content (AvgIpc) is 3.20. The quantitative estimate of drug-likeness (QED) is 0.869. The largest absolute Gasteiger partial charge is 0.311 e. The van der Waals surface area contributed by atoms with Crippen molar-refractivity contribution in [1.29, 1.82) is 0 Å². The van der Waals surface area contributed by atoms with Crippen molar-refractivity contribution >= 4 is 11.6 Å². The van der Waals surface area contributed by atoms with Gasteiger partial charge in [-0.1, -0.05) is 24.4 Å². The van der Waals surface area contributed by atoms with Crippen LogP contribution in [0, 0.1) is 11.7 Å². The zero-order chi connectivity index (χ0) is 13.3. The van der Waals surface area contributed by atoms with E-state index in [4.69, 9.17) is 11.6 Å². The Balaban J connectivity index is 1.86. The van der Waals surface area contributed by atoms with E-state index in [1.54, 1.807) is 12.1 Å². The Hall–Kier alpha value is -0.600. The van der Waals surface area contributed by atoms with Gasteiger partial charge in [-0.2, -0.15) is 0 Å². The van der Waals surface area contributed by atoms with Crippen molar-refractivity contribution in [3.8, 4) is 0 Å². The SMILES string of the molecule is Fc1ccc(Cl)cc1CC1(C2CC2)CCCCCN1. The Morgan fingerprint density at radius 3 is 2.89 bits per heavy atom. The van der Waals surface area contributed by atoms with Crippen LogP contribution in [-0.4, -0.2) is 12.1 Å². The molecule has 1 N–H and O–H groups in total. The van der Waals surface area contributed by atoms with Crippen LogP contribution >= 0.6 is 11.6 Å². The highest BCUT2D eigenvalue weighted by atomic mass is 35.5. The van der Waals surface area contributed by atoms with Crippen molar-refractivity contribution in [2.24, 2.45) is 5.92 Å². The van der Waals surface area contributed by atoms with Crippen LogP contribution in [0.4, 0.5) is 4.39 Å². The van der Waals surface area contributed by atoms with Crippen molar-refractivity contribution in [3.05, 3.63) is 34.6 Å². The summed E-state index contributed by atoms with van der Waals surface area (Å²) in [6, 6.07) is 4.92. The van der Waals surface area contributed by atoms with Crippen LogP contribution in [0.5, 0.6) is 0 Å². The monoisotopic (exact) mass is 281 g/mol. The molecule has 104 valence electrons. The second kappa shape index (κ2) is 5.41. The predicted octanol–water partition coefficient (Wildman–Crippen LogP) is 4.33. The molecule has 1 aliphatic heterocycles. The predicted molar refractivity (Wildman–Crippen MR) is 77.0 cm³/mol. The first-order valence-corrected chi connectivity index (χ1v) is 7.76. The fourth-order valence-electron chi connectivity index (χ4n) is 3.47. The molecular weight excluding hydrogens is 261 g/mol. The zero-order valence-corrected chi connectivity index (χ0v) is 12.0. The molecule has 1 saturated heterocycles. The van der Waals surface area contributed by atoms with Gasteiger partial charge < -0.3 is 5.32 Å². The van der Waals surface area contributed by atoms with E-state index in [-0.39, 0.29) is 11.4 Å². The Morgan fingerprint density at radius 1 is 1.26 bits per heavy atom. The van der Waals surface area contributed by atoms with Crippen molar-refractivity contribution in [3.63, 3.8) is 0 Å². The highest BCUT2D eigenvalue weighted by Crippen LogP contribution is 2.45. The fourth-order valence-corrected chi connectivity index (χ4v) is 3.66. The van der Waals surface area contributed by atoms with Gasteiger partial charge in [0.25, 0.3) is 0 Å². The molecule has 2 fully saturated rings. The third kappa shape index (κ3) is 2.95. The van der Waals surface area contributed by atoms with Gasteiger partial charge in [-0.3, -0.25) is 0 Å². The summed E-state index contributed by atoms with van der Waals surface area (Å²) in [6.07, 6.45) is 8.32. The number of benzene rings is 1. The van der Waals surface area contributed by atoms with Gasteiger partial charge in [0.15, 0.2) is 0 Å². The van der Waals surface area contributed by atoms with Crippen molar-refractivity contribution < 1.29 is 4.39 Å². The summed E-state index contributed by atoms with van der Waals surface area (Å²) in [5.74, 6) is 0.611. The normalized spacial score (nSPS) is 28.1. The molecule has 0 spiro atoms. The molecule has 1 aliphatic carbocycles. The second-order valence-corrected chi connectivity index (χ2v) is 6.52. The van der Waals surface area contributed by atoms with E-state index in [9.17, 15) is 4.39 Å². The maximum Gasteiger partial charge on any atom is 0.126 e. The van der Waals surface area contributed by atoms with Gasteiger partial charge >= 0.3 is 0 Å². The maximum absolute atomic E-state index is 14.0. The first-order chi connectivity index (χ1) is 9.20. The molecule has 1 saturated carbocycles. The lowest BCUT2D eigenvalue weighted by atomic mass is 9.82. The molecule has 1 aromatic rings. The molecule has 3 heteroatoms. The molecule has 0 amide bonds. The van der Waals surface area contributed by atoms with Crippen molar-refractivity contribution in [2.45, 2.75) is 50.5 Å². The van der Waals surface area contributed by atoms with Crippen LogP contribution in [0.15, 0.2) is 18.2 Å². The summed E-state index contributed by atoms with van der Waals surface area (Å²) >= 11 is 6.02. The molecule has 0 radical (unpaired) electrons. The minimum Gasteiger partial charge on any atom is -0.311 e. The third-order valence-electron chi connectivity index (χ3n) is 4.65. The smallest absolute Gasteiger partial charge is 0.126 e. The number of nitrogens with one attached hydrogen (secondary N) is 1. The zero-order valence-electron chi connectivity index (χ0n) is 11.2. The van der Waals surface area contributed by atoms with E-state index in [1.165, 1.54) is 44.6 Å². The minimum absolute atomic E-state index is 0.113. The first-order valence-electron chi connectivity index (χ1n) is 7.39. The summed E-state index contributed by atoms with van der Waals surface area (Å²) < 4.78 is 14.0. The van der Waals surface area contributed by atoms with Crippen molar-refractivity contribution in [2.75, 3.05) is 6.54 Å². The molecule has 0 bridgehead atoms. The van der Waals surface area contributed by atoms with Gasteiger partial charge in [-0.05, 0) is 68.3 Å². The Labute approximate surface area is 119 Å². The molecule has 2 aliphatic rings. The second-order valence-electron chi connectivity index (χ2n) is 6.08. The van der Waals surface area contributed by atoms with Gasteiger partial charge in [-0.25, -0.2) is 4.39 Å². The molecule has 1 heterocycles. The Kier molecular flexibility index (Phi) is 3.81. The molecular formula is C16H21ClFN. The highest BCUT2D eigenvalue weighted by molar-refractivity contribution is 6.30. The lowest BCUT2D eigenvalue weighted by molar-refractivity contribution is 0.268. The van der Waals surface area contributed by atoms with Crippen LogP contribution in [0.2, 0.25) is 5.02 Å². The lowest BCUT2D eigenvalue weighted by Gasteiger charge is -2.34. The summed E-state index contributed by atoms with van der Waals surface area (Å²) in [6.45, 7) is 1.07. The van der Waals surface area contributed by atoms with Gasteiger partial charge in [0, 0.05) is 10.6 Å². The number of hydrogen-bond donors (Lipinski definition) is 1. The van der Waals surface area contributed by atoms with E-state index in [0.29, 0.717) is 5.02 Å². The number of halogens is 2. The minimum atomic E-state index is -0.115. The van der Waals surface area contributed by atoms with Crippen LogP contribution in [0.25, 0.3) is 0 Å². The Bertz CT molecular complexity index is 448.